The van der Waals surface area contributed by atoms with E-state index < -0.39 is 16.8 Å². The third-order valence-electron chi connectivity index (χ3n) is 24.8. The van der Waals surface area contributed by atoms with Crippen LogP contribution < -0.4 is 16.0 Å². The van der Waals surface area contributed by atoms with Gasteiger partial charge < -0.3 is 59.6 Å². The van der Waals surface area contributed by atoms with Crippen LogP contribution in [0.4, 0.5) is 27.6 Å². The molecule has 684 valence electrons. The lowest BCUT2D eigenvalue weighted by atomic mass is 10.0. The smallest absolute Gasteiger partial charge is 0.410 e. The molecule has 6 aliphatic heterocycles. The number of hydrogen-bond donors (Lipinski definition) is 3. The van der Waals surface area contributed by atoms with Crippen molar-refractivity contribution >= 4 is 116 Å². The summed E-state index contributed by atoms with van der Waals surface area (Å²) in [6, 6.07) is 31.8. The summed E-state index contributed by atoms with van der Waals surface area (Å²) < 4.78 is 71.9. The van der Waals surface area contributed by atoms with Gasteiger partial charge >= 0.3 is 18.3 Å². The molecule has 0 radical (unpaired) electrons. The lowest BCUT2D eigenvalue weighted by molar-refractivity contribution is 0.0213. The van der Waals surface area contributed by atoms with Crippen LogP contribution in [0.15, 0.2) is 128 Å². The predicted octanol–water partition coefficient (Wildman–Crippen LogP) is 21.1. The first-order valence-corrected chi connectivity index (χ1v) is 48.6. The third-order valence-corrected chi connectivity index (χ3v) is 27.9. The minimum absolute atomic E-state index is 0.0677. The van der Waals surface area contributed by atoms with Crippen LogP contribution in [0.2, 0.25) is 0 Å². The molecule has 3 N–H and O–H groups in total. The second-order valence-electron chi connectivity index (χ2n) is 37.9. The second-order valence-corrected chi connectivity index (χ2v) is 41.0. The van der Waals surface area contributed by atoms with E-state index in [-0.39, 0.29) is 71.6 Å². The van der Waals surface area contributed by atoms with Crippen LogP contribution >= 0.6 is 34.0 Å². The zero-order valence-electron chi connectivity index (χ0n) is 75.6. The summed E-state index contributed by atoms with van der Waals surface area (Å²) >= 11 is 4.43. The van der Waals surface area contributed by atoms with Gasteiger partial charge in [0, 0.05) is 91.2 Å². The molecule has 0 saturated carbocycles. The number of amides is 6. The van der Waals surface area contributed by atoms with E-state index in [4.69, 9.17) is 29.2 Å². The monoisotopic (exact) mass is 1820 g/mol. The lowest BCUT2D eigenvalue weighted by Gasteiger charge is -2.29. The van der Waals surface area contributed by atoms with E-state index in [9.17, 15) is 28.8 Å². The summed E-state index contributed by atoms with van der Waals surface area (Å²) in [5, 5.41) is 9.17. The molecular formula is C99H120F3N15O9S3. The zero-order valence-corrected chi connectivity index (χ0v) is 78.0. The fourth-order valence-electron chi connectivity index (χ4n) is 18.5. The summed E-state index contributed by atoms with van der Waals surface area (Å²) in [7, 11) is 0. The molecule has 6 fully saturated rings. The number of halogens is 3. The number of benzene rings is 6. The molecule has 3 atom stereocenters. The van der Waals surface area contributed by atoms with E-state index in [2.05, 4.69) is 30.7 Å². The van der Waals surface area contributed by atoms with Gasteiger partial charge in [0.1, 0.15) is 34.3 Å². The van der Waals surface area contributed by atoms with Crippen molar-refractivity contribution in [2.45, 2.75) is 213 Å². The topological polar surface area (TPSA) is 238 Å². The number of aromatic nitrogens is 6. The summed E-state index contributed by atoms with van der Waals surface area (Å²) in [5.41, 5.74) is 8.06. The highest BCUT2D eigenvalue weighted by Crippen LogP contribution is 2.42. The fraction of sp³-hybridized carbons (Fsp3) is 0.485. The standard InChI is InChI=1S/3C33H40FN5O3S/c3*1-33(2,3)42-32(41)38-18-7-9-27(38)22-10-12-24(25(34)19-22)26-21-39-28-13-11-23(20-29(28)43-31(39)36-26)30(40)35-14-8-17-37-15-5-4-6-16-37/h3*10-13,19-21,27H,4-9,14-18H2,1-3H3,(H,35,40)/t2*27-;/m10./s1. The number of ether oxygens (including phenoxy) is 3. The van der Waals surface area contributed by atoms with Crippen LogP contribution in [-0.2, 0) is 14.2 Å². The molecule has 18 rings (SSSR count). The molecule has 6 aromatic carbocycles. The first-order valence-electron chi connectivity index (χ1n) is 46.1. The number of imidazole rings is 3. The SMILES string of the molecule is CC(C)(C)OC(=O)N1CCCC1c1ccc(-c2cn3c(n2)sc2cc(C(=O)NCCCN4CCCCC4)ccc23)c(F)c1.CC(C)(C)OC(=O)N1CCC[C@@H]1c1ccc(-c2cn3c(n2)sc2cc(C(=O)NCCCN4CCCCC4)ccc23)c(F)c1.CC(C)(C)OC(=O)N1CCC[C@H]1c1ccc(-c2cn3c(n2)sc2cc(C(=O)NCCCN4CCCCC4)ccc23)c(F)c1. The average molecular weight is 1820 g/mol. The van der Waals surface area contributed by atoms with E-state index in [0.29, 0.717) is 89.7 Å². The Morgan fingerprint density at radius 3 is 0.884 bits per heavy atom. The summed E-state index contributed by atoms with van der Waals surface area (Å²) in [4.78, 5) is 106. The third kappa shape index (κ3) is 22.2. The minimum atomic E-state index is -0.585. The van der Waals surface area contributed by atoms with Crippen molar-refractivity contribution in [3.8, 4) is 33.8 Å². The Kier molecular flexibility index (Phi) is 28.5. The fourth-order valence-corrected chi connectivity index (χ4v) is 21.6. The van der Waals surface area contributed by atoms with Crippen molar-refractivity contribution < 1.29 is 56.1 Å². The van der Waals surface area contributed by atoms with Crippen molar-refractivity contribution in [2.75, 3.05) is 98.2 Å². The molecule has 129 heavy (non-hydrogen) atoms. The first-order chi connectivity index (χ1) is 62.0. The molecule has 6 saturated heterocycles. The Balaban J connectivity index is 0.000000142. The van der Waals surface area contributed by atoms with Crippen LogP contribution in [0.3, 0.4) is 0 Å². The number of likely N-dealkylation sites (tertiary alicyclic amines) is 6. The van der Waals surface area contributed by atoms with E-state index in [0.717, 1.165) is 140 Å². The summed E-state index contributed by atoms with van der Waals surface area (Å²) in [6.45, 7) is 30.4. The predicted molar refractivity (Wildman–Crippen MR) is 504 cm³/mol. The molecule has 12 heterocycles. The van der Waals surface area contributed by atoms with Crippen molar-refractivity contribution in [2.24, 2.45) is 0 Å². The maximum Gasteiger partial charge on any atom is 0.410 e. The number of carbonyl (C=O) groups excluding carboxylic acids is 6. The number of hydrogen-bond acceptors (Lipinski definition) is 18. The van der Waals surface area contributed by atoms with Gasteiger partial charge in [-0.15, -0.1) is 0 Å². The normalized spacial score (nSPS) is 18.0. The molecule has 12 aromatic rings. The van der Waals surface area contributed by atoms with Crippen LogP contribution in [0.25, 0.3) is 79.3 Å². The first kappa shape index (κ1) is 91.8. The van der Waals surface area contributed by atoms with E-state index in [1.165, 1.54) is 149 Å². The van der Waals surface area contributed by atoms with Gasteiger partial charge in [0.15, 0.2) is 14.9 Å². The molecule has 0 aliphatic carbocycles. The largest absolute Gasteiger partial charge is 0.444 e. The molecule has 0 bridgehead atoms. The lowest BCUT2D eigenvalue weighted by Crippen LogP contribution is -2.36. The second kappa shape index (κ2) is 40.1. The van der Waals surface area contributed by atoms with Gasteiger partial charge in [0.25, 0.3) is 17.7 Å². The number of nitrogens with zero attached hydrogens (tertiary/aromatic N) is 12. The van der Waals surface area contributed by atoms with Gasteiger partial charge in [-0.25, -0.2) is 42.5 Å². The maximum absolute atomic E-state index is 15.5. The minimum Gasteiger partial charge on any atom is -0.444 e. The Hall–Kier alpha value is -10.5. The molecule has 0 spiro atoms. The Morgan fingerprint density at radius 1 is 0.357 bits per heavy atom. The number of carbonyl (C=O) groups is 6. The van der Waals surface area contributed by atoms with Crippen LogP contribution in [0, 0.1) is 17.5 Å². The molecule has 30 heteroatoms. The molecule has 6 amide bonds. The van der Waals surface area contributed by atoms with Crippen molar-refractivity contribution in [1.82, 2.24) is 73.5 Å². The van der Waals surface area contributed by atoms with Gasteiger partial charge in [0.2, 0.25) is 0 Å². The number of rotatable bonds is 21. The van der Waals surface area contributed by atoms with Gasteiger partial charge in [-0.2, -0.15) is 0 Å². The molecule has 6 aliphatic rings. The highest BCUT2D eigenvalue weighted by Gasteiger charge is 2.38. The van der Waals surface area contributed by atoms with Gasteiger partial charge in [-0.1, -0.05) is 71.5 Å². The number of thiazole rings is 3. The van der Waals surface area contributed by atoms with Crippen LogP contribution in [0.5, 0.6) is 0 Å². The Bertz CT molecular complexity index is 5480. The van der Waals surface area contributed by atoms with E-state index in [1.807, 2.05) is 167 Å². The summed E-state index contributed by atoms with van der Waals surface area (Å²) in [6.07, 6.45) is 23.7. The highest BCUT2D eigenvalue weighted by molar-refractivity contribution is 7.24. The highest BCUT2D eigenvalue weighted by atomic mass is 32.1. The van der Waals surface area contributed by atoms with Gasteiger partial charge in [-0.05, 0) is 325 Å². The maximum atomic E-state index is 15.5. The quantitative estimate of drug-likeness (QED) is 0.0448. The Labute approximate surface area is 763 Å². The molecule has 6 aromatic heterocycles. The van der Waals surface area contributed by atoms with Crippen molar-refractivity contribution in [3.63, 3.8) is 0 Å². The van der Waals surface area contributed by atoms with Crippen molar-refractivity contribution in [3.05, 3.63) is 179 Å². The number of nitrogens with one attached hydrogen (secondary N) is 3. The molecule has 24 nitrogen and oxygen atoms in total. The van der Waals surface area contributed by atoms with Gasteiger partial charge in [0.05, 0.1) is 65.9 Å². The number of piperidine rings is 3. The Morgan fingerprint density at radius 2 is 0.628 bits per heavy atom. The van der Waals surface area contributed by atoms with E-state index >= 15 is 13.2 Å². The average Bonchev–Trinajstić information content (AvgIpc) is 1.60. The van der Waals surface area contributed by atoms with Crippen LogP contribution in [0.1, 0.15) is 244 Å². The zero-order chi connectivity index (χ0) is 90.4. The van der Waals surface area contributed by atoms with Crippen molar-refractivity contribution in [1.29, 1.82) is 0 Å². The molecule has 1 unspecified atom stereocenters. The van der Waals surface area contributed by atoms with E-state index in [1.54, 1.807) is 32.9 Å². The number of fused-ring (bicyclic) bond motifs is 9. The molecular weight excluding hydrogens is 1700 g/mol. The summed E-state index contributed by atoms with van der Waals surface area (Å²) in [5.74, 6) is -1.32. The van der Waals surface area contributed by atoms with Gasteiger partial charge in [-0.3, -0.25) is 27.6 Å². The van der Waals surface area contributed by atoms with Crippen LogP contribution in [-0.4, -0.2) is 209 Å².